The molecule has 0 amide bonds. The second-order valence-corrected chi connectivity index (χ2v) is 5.63. The zero-order valence-corrected chi connectivity index (χ0v) is 7.14. The Bertz CT molecular complexity index is 346. The first-order valence-corrected chi connectivity index (χ1v) is 5.38. The fourth-order valence-corrected chi connectivity index (χ4v) is 5.80. The minimum atomic E-state index is 0.211. The molecule has 2 heteroatoms. The normalized spacial score (nSPS) is 74.2. The largest absolute Gasteiger partial charge is 0.299 e. The van der Waals surface area contributed by atoms with Crippen molar-refractivity contribution in [2.24, 2.45) is 47.3 Å². The molecule has 5 aliphatic rings. The van der Waals surface area contributed by atoms with E-state index in [2.05, 4.69) is 0 Å². The Morgan fingerprint density at radius 2 is 1.23 bits per heavy atom. The Morgan fingerprint density at radius 1 is 0.769 bits per heavy atom. The van der Waals surface area contributed by atoms with Crippen molar-refractivity contribution in [3.63, 3.8) is 0 Å². The van der Waals surface area contributed by atoms with Crippen LogP contribution < -0.4 is 0 Å². The lowest BCUT2D eigenvalue weighted by Crippen LogP contribution is -2.47. The number of ketones is 2. The maximum absolute atomic E-state index is 11.9. The fraction of sp³-hybridized carbons (Fsp3) is 0.818. The van der Waals surface area contributed by atoms with E-state index in [9.17, 15) is 9.59 Å². The minimum Gasteiger partial charge on any atom is -0.299 e. The van der Waals surface area contributed by atoms with E-state index in [1.807, 2.05) is 0 Å². The number of rotatable bonds is 0. The van der Waals surface area contributed by atoms with Crippen molar-refractivity contribution >= 4 is 11.6 Å². The average Bonchev–Trinajstić information content (AvgIpc) is 2.52. The summed E-state index contributed by atoms with van der Waals surface area (Å²) in [4.78, 5) is 23.8. The highest BCUT2D eigenvalue weighted by molar-refractivity contribution is 6.06. The van der Waals surface area contributed by atoms with Gasteiger partial charge >= 0.3 is 0 Å². The Kier molecular flexibility index (Phi) is 0.602. The lowest BCUT2D eigenvalue weighted by atomic mass is 9.59. The summed E-state index contributed by atoms with van der Waals surface area (Å²) in [7, 11) is 0. The predicted octanol–water partition coefficient (Wildman–Crippen LogP) is 0.512. The number of hydrogen-bond acceptors (Lipinski definition) is 2. The Hall–Kier alpha value is -0.660. The molecule has 0 aliphatic heterocycles. The van der Waals surface area contributed by atoms with E-state index in [0.717, 1.165) is 0 Å². The lowest BCUT2D eigenvalue weighted by Gasteiger charge is -2.42. The first-order valence-electron chi connectivity index (χ1n) is 5.38. The summed E-state index contributed by atoms with van der Waals surface area (Å²) in [5, 5.41) is 0. The monoisotopic (exact) mass is 174 g/mol. The van der Waals surface area contributed by atoms with Crippen LogP contribution in [0, 0.1) is 47.3 Å². The lowest BCUT2D eigenvalue weighted by molar-refractivity contribution is -0.145. The smallest absolute Gasteiger partial charge is 0.141 e. The van der Waals surface area contributed by atoms with Crippen molar-refractivity contribution < 1.29 is 9.59 Å². The molecule has 0 aromatic rings. The van der Waals surface area contributed by atoms with Gasteiger partial charge in [-0.3, -0.25) is 9.59 Å². The van der Waals surface area contributed by atoms with Gasteiger partial charge in [-0.15, -0.1) is 0 Å². The molecule has 13 heavy (non-hydrogen) atoms. The number of Topliss-reactive ketones (excluding diaryl/α,β-unsaturated/α-hetero) is 2. The van der Waals surface area contributed by atoms with Crippen molar-refractivity contribution in [2.45, 2.75) is 6.42 Å². The molecule has 2 bridgehead atoms. The number of carbonyl (C=O) groups excluding carboxylic acids is 2. The maximum atomic E-state index is 11.9. The van der Waals surface area contributed by atoms with Gasteiger partial charge in [-0.05, 0) is 30.1 Å². The Morgan fingerprint density at radius 3 is 1.69 bits per heavy atom. The van der Waals surface area contributed by atoms with Crippen LogP contribution >= 0.6 is 0 Å². The summed E-state index contributed by atoms with van der Waals surface area (Å²) in [6.07, 6.45) is 1.22. The first-order chi connectivity index (χ1) is 6.30. The molecule has 5 saturated carbocycles. The van der Waals surface area contributed by atoms with E-state index >= 15 is 0 Å². The van der Waals surface area contributed by atoms with Gasteiger partial charge in [0.2, 0.25) is 0 Å². The van der Waals surface area contributed by atoms with E-state index in [-0.39, 0.29) is 23.7 Å². The Labute approximate surface area is 75.7 Å². The highest BCUT2D eigenvalue weighted by atomic mass is 16.1. The molecule has 0 N–H and O–H groups in total. The van der Waals surface area contributed by atoms with Crippen LogP contribution in [0.5, 0.6) is 0 Å². The standard InChI is InChI=1S/C11H10O2/c12-10-6-2-1-3-5-4(2)8(10)9(5)11(13)7(3)6/h2-9H,1H2/t2-,3+,4-,5+,6+,7-,8-,9-/m0/s1. The molecule has 0 radical (unpaired) electrons. The number of carbonyl (C=O) groups is 2. The zero-order chi connectivity index (χ0) is 8.48. The highest BCUT2D eigenvalue weighted by Crippen LogP contribution is 2.80. The van der Waals surface area contributed by atoms with Gasteiger partial charge in [0.1, 0.15) is 11.6 Å². The van der Waals surface area contributed by atoms with Gasteiger partial charge < -0.3 is 0 Å². The summed E-state index contributed by atoms with van der Waals surface area (Å²) in [6.45, 7) is 0. The summed E-state index contributed by atoms with van der Waals surface area (Å²) in [6, 6.07) is 0. The molecule has 0 heterocycles. The van der Waals surface area contributed by atoms with E-state index in [1.165, 1.54) is 6.42 Å². The van der Waals surface area contributed by atoms with Crippen LogP contribution in [0.25, 0.3) is 0 Å². The topological polar surface area (TPSA) is 34.1 Å². The van der Waals surface area contributed by atoms with Gasteiger partial charge in [0.05, 0.1) is 0 Å². The minimum absolute atomic E-state index is 0.211. The summed E-state index contributed by atoms with van der Waals surface area (Å²) < 4.78 is 0. The molecule has 0 unspecified atom stereocenters. The quantitative estimate of drug-likeness (QED) is 0.536. The summed E-state index contributed by atoms with van der Waals surface area (Å²) in [5.74, 6) is 4.49. The molecular formula is C11H10O2. The van der Waals surface area contributed by atoms with Crippen LogP contribution in [-0.4, -0.2) is 11.6 Å². The van der Waals surface area contributed by atoms with Crippen molar-refractivity contribution in [3.8, 4) is 0 Å². The molecular weight excluding hydrogens is 164 g/mol. The van der Waals surface area contributed by atoms with Crippen LogP contribution in [0.1, 0.15) is 6.42 Å². The second-order valence-electron chi connectivity index (χ2n) is 5.63. The van der Waals surface area contributed by atoms with Crippen molar-refractivity contribution in [1.82, 2.24) is 0 Å². The van der Waals surface area contributed by atoms with Crippen molar-refractivity contribution in [3.05, 3.63) is 0 Å². The third-order valence-corrected chi connectivity index (χ3v) is 5.82. The van der Waals surface area contributed by atoms with Crippen molar-refractivity contribution in [2.75, 3.05) is 0 Å². The molecule has 8 atom stereocenters. The van der Waals surface area contributed by atoms with Gasteiger partial charge in [0, 0.05) is 23.7 Å². The molecule has 0 aromatic heterocycles. The number of hydrogen-bond donors (Lipinski definition) is 0. The van der Waals surface area contributed by atoms with Crippen LogP contribution in [0.2, 0.25) is 0 Å². The molecule has 2 nitrogen and oxygen atoms in total. The third-order valence-electron chi connectivity index (χ3n) is 5.82. The third kappa shape index (κ3) is 0.323. The van der Waals surface area contributed by atoms with Crippen LogP contribution in [0.15, 0.2) is 0 Å². The van der Waals surface area contributed by atoms with Gasteiger partial charge in [-0.1, -0.05) is 0 Å². The summed E-state index contributed by atoms with van der Waals surface area (Å²) in [5.41, 5.74) is 0. The van der Waals surface area contributed by atoms with E-state index in [1.54, 1.807) is 0 Å². The Balaban J connectivity index is 1.92. The van der Waals surface area contributed by atoms with E-state index < -0.39 is 0 Å². The van der Waals surface area contributed by atoms with Crippen LogP contribution in [-0.2, 0) is 9.59 Å². The molecule has 0 spiro atoms. The molecule has 5 fully saturated rings. The first kappa shape index (κ1) is 5.94. The van der Waals surface area contributed by atoms with Gasteiger partial charge in [-0.2, -0.15) is 0 Å². The molecule has 5 aliphatic carbocycles. The van der Waals surface area contributed by atoms with E-state index in [4.69, 9.17) is 0 Å². The van der Waals surface area contributed by atoms with E-state index in [0.29, 0.717) is 35.2 Å². The predicted molar refractivity (Wildman–Crippen MR) is 42.6 cm³/mol. The van der Waals surface area contributed by atoms with Crippen LogP contribution in [0.4, 0.5) is 0 Å². The molecule has 5 rings (SSSR count). The zero-order valence-electron chi connectivity index (χ0n) is 7.14. The number of fused-ring (bicyclic) bond motifs is 2. The molecule has 66 valence electrons. The maximum Gasteiger partial charge on any atom is 0.141 e. The van der Waals surface area contributed by atoms with Gasteiger partial charge in [-0.25, -0.2) is 0 Å². The average molecular weight is 174 g/mol. The fourth-order valence-electron chi connectivity index (χ4n) is 5.80. The van der Waals surface area contributed by atoms with Gasteiger partial charge in [0.25, 0.3) is 0 Å². The SMILES string of the molecule is O=C1[C@@H]2[C@H]3C[C@H]4[C@@H]2C(=O)[C@@H]2[C@@H]1[C@@H]3[C@@H]42. The van der Waals surface area contributed by atoms with Crippen LogP contribution in [0.3, 0.4) is 0 Å². The molecule has 0 aromatic carbocycles. The summed E-state index contributed by atoms with van der Waals surface area (Å²) >= 11 is 0. The molecule has 0 saturated heterocycles. The highest BCUT2D eigenvalue weighted by Gasteiger charge is 2.84. The van der Waals surface area contributed by atoms with Crippen molar-refractivity contribution in [1.29, 1.82) is 0 Å². The second kappa shape index (κ2) is 1.32. The van der Waals surface area contributed by atoms with Gasteiger partial charge in [0.15, 0.2) is 0 Å².